The molecule has 1 atom stereocenters. The number of hydrogen-bond donors (Lipinski definition) is 1. The van der Waals surface area contributed by atoms with Crippen LogP contribution in [0.2, 0.25) is 0 Å². The van der Waals surface area contributed by atoms with Gasteiger partial charge in [-0.1, -0.05) is 12.1 Å². The van der Waals surface area contributed by atoms with Gasteiger partial charge in [-0.05, 0) is 30.5 Å². The zero-order valence-corrected chi connectivity index (χ0v) is 15.3. The molecule has 1 aromatic carbocycles. The number of likely N-dealkylation sites (tertiary alicyclic amines) is 1. The van der Waals surface area contributed by atoms with Crippen molar-refractivity contribution in [2.24, 2.45) is 0 Å². The van der Waals surface area contributed by atoms with Crippen LogP contribution in [0.5, 0.6) is 5.75 Å². The van der Waals surface area contributed by atoms with Crippen molar-refractivity contribution in [2.45, 2.75) is 31.8 Å². The van der Waals surface area contributed by atoms with Crippen molar-refractivity contribution in [1.29, 1.82) is 0 Å². The lowest BCUT2D eigenvalue weighted by Gasteiger charge is -2.36. The molecule has 142 valence electrons. The molecule has 0 spiro atoms. The highest BCUT2D eigenvalue weighted by atomic mass is 16.5. The summed E-state index contributed by atoms with van der Waals surface area (Å²) in [5.74, 6) is 0.902. The second kappa shape index (κ2) is 8.89. The molecule has 0 saturated carbocycles. The van der Waals surface area contributed by atoms with E-state index in [2.05, 4.69) is 5.32 Å². The Morgan fingerprint density at radius 2 is 1.92 bits per heavy atom. The van der Waals surface area contributed by atoms with E-state index in [1.165, 1.54) is 0 Å². The fourth-order valence-corrected chi connectivity index (χ4v) is 3.41. The maximum absolute atomic E-state index is 12.6. The van der Waals surface area contributed by atoms with Crippen LogP contribution in [-0.4, -0.2) is 67.7 Å². The second-order valence-electron chi connectivity index (χ2n) is 6.72. The lowest BCUT2D eigenvalue weighted by Crippen LogP contribution is -2.53. The number of morpholine rings is 1. The van der Waals surface area contributed by atoms with Crippen LogP contribution in [0.15, 0.2) is 24.3 Å². The molecule has 3 amide bonds. The maximum Gasteiger partial charge on any atom is 0.318 e. The molecule has 0 aromatic heterocycles. The molecular formula is C19H27N3O4. The molecule has 3 rings (SSSR count). The van der Waals surface area contributed by atoms with Crippen LogP contribution in [0.1, 0.15) is 24.8 Å². The first-order chi connectivity index (χ1) is 12.7. The molecule has 7 nitrogen and oxygen atoms in total. The Kier molecular flexibility index (Phi) is 6.33. The highest BCUT2D eigenvalue weighted by Crippen LogP contribution is 2.16. The van der Waals surface area contributed by atoms with E-state index in [1.54, 1.807) is 12.0 Å². The van der Waals surface area contributed by atoms with Gasteiger partial charge in [-0.3, -0.25) is 4.79 Å². The molecule has 26 heavy (non-hydrogen) atoms. The zero-order chi connectivity index (χ0) is 18.4. The predicted octanol–water partition coefficient (Wildman–Crippen LogP) is 1.62. The van der Waals surface area contributed by atoms with Crippen molar-refractivity contribution in [1.82, 2.24) is 15.1 Å². The van der Waals surface area contributed by atoms with Crippen LogP contribution >= 0.6 is 0 Å². The summed E-state index contributed by atoms with van der Waals surface area (Å²) >= 11 is 0. The number of amides is 3. The fourth-order valence-electron chi connectivity index (χ4n) is 3.41. The minimum absolute atomic E-state index is 0.117. The van der Waals surface area contributed by atoms with Crippen LogP contribution < -0.4 is 10.1 Å². The Balaban J connectivity index is 1.53. The number of hydrogen-bond acceptors (Lipinski definition) is 4. The van der Waals surface area contributed by atoms with E-state index < -0.39 is 0 Å². The average Bonchev–Trinajstić information content (AvgIpc) is 3.22. The molecule has 2 aliphatic heterocycles. The number of ether oxygens (including phenoxy) is 2. The summed E-state index contributed by atoms with van der Waals surface area (Å²) in [4.78, 5) is 28.7. The minimum atomic E-state index is -0.201. The molecule has 0 bridgehead atoms. The van der Waals surface area contributed by atoms with Crippen molar-refractivity contribution in [2.75, 3.05) is 40.0 Å². The van der Waals surface area contributed by atoms with Gasteiger partial charge in [-0.2, -0.15) is 0 Å². The lowest BCUT2D eigenvalue weighted by molar-refractivity contribution is -0.132. The number of methoxy groups -OCH3 is 1. The number of nitrogens with zero attached hydrogens (tertiary/aromatic N) is 2. The monoisotopic (exact) mass is 361 g/mol. The third-order valence-electron chi connectivity index (χ3n) is 4.96. The zero-order valence-electron chi connectivity index (χ0n) is 15.3. The summed E-state index contributed by atoms with van der Waals surface area (Å²) in [6, 6.07) is 7.23. The van der Waals surface area contributed by atoms with Crippen LogP contribution in [0.25, 0.3) is 0 Å². The predicted molar refractivity (Wildman–Crippen MR) is 97.0 cm³/mol. The number of rotatable bonds is 5. The Morgan fingerprint density at radius 3 is 2.62 bits per heavy atom. The Hall–Kier alpha value is -2.28. The SMILES string of the molecule is COc1ccc(CNC(=O)N2CCOC[C@H]2CC(=O)N2CCCC2)cc1. The Bertz CT molecular complexity index is 614. The summed E-state index contributed by atoms with van der Waals surface area (Å²) in [7, 11) is 1.62. The van der Waals surface area contributed by atoms with E-state index in [0.29, 0.717) is 32.7 Å². The molecule has 2 aliphatic rings. The van der Waals surface area contributed by atoms with Gasteiger partial charge in [0.15, 0.2) is 0 Å². The topological polar surface area (TPSA) is 71.1 Å². The quantitative estimate of drug-likeness (QED) is 0.865. The fraction of sp³-hybridized carbons (Fsp3) is 0.579. The number of urea groups is 1. The second-order valence-corrected chi connectivity index (χ2v) is 6.72. The van der Waals surface area contributed by atoms with Crippen LogP contribution in [0, 0.1) is 0 Å². The van der Waals surface area contributed by atoms with E-state index in [1.807, 2.05) is 29.2 Å². The number of carbonyl (C=O) groups is 2. The summed E-state index contributed by atoms with van der Waals surface area (Å²) in [6.45, 7) is 3.52. The van der Waals surface area contributed by atoms with Crippen molar-refractivity contribution in [3.8, 4) is 5.75 Å². The van der Waals surface area contributed by atoms with Crippen molar-refractivity contribution in [3.63, 3.8) is 0 Å². The van der Waals surface area contributed by atoms with Crippen molar-refractivity contribution in [3.05, 3.63) is 29.8 Å². The summed E-state index contributed by atoms with van der Waals surface area (Å²) in [5.41, 5.74) is 0.997. The van der Waals surface area contributed by atoms with Gasteiger partial charge < -0.3 is 24.6 Å². The number of nitrogens with one attached hydrogen (secondary N) is 1. The first-order valence-corrected chi connectivity index (χ1v) is 9.20. The van der Waals surface area contributed by atoms with E-state index in [0.717, 1.165) is 37.2 Å². The number of benzene rings is 1. The van der Waals surface area contributed by atoms with E-state index >= 15 is 0 Å². The van der Waals surface area contributed by atoms with Crippen LogP contribution in [-0.2, 0) is 16.1 Å². The molecule has 2 saturated heterocycles. The summed E-state index contributed by atoms with van der Waals surface area (Å²) in [6.07, 6.45) is 2.47. The molecule has 1 N–H and O–H groups in total. The largest absolute Gasteiger partial charge is 0.497 e. The van der Waals surface area contributed by atoms with Gasteiger partial charge in [0.25, 0.3) is 0 Å². The smallest absolute Gasteiger partial charge is 0.318 e. The van der Waals surface area contributed by atoms with Gasteiger partial charge in [0.1, 0.15) is 5.75 Å². The standard InChI is InChI=1S/C19H27N3O4/c1-25-17-6-4-15(5-7-17)13-20-19(24)22-10-11-26-14-16(22)12-18(23)21-8-2-3-9-21/h4-7,16H,2-3,8-14H2,1H3,(H,20,24)/t16-/m1/s1. The van der Waals surface area contributed by atoms with Crippen LogP contribution in [0.3, 0.4) is 0 Å². The molecule has 0 radical (unpaired) electrons. The lowest BCUT2D eigenvalue weighted by atomic mass is 10.1. The van der Waals surface area contributed by atoms with Gasteiger partial charge >= 0.3 is 6.03 Å². The third kappa shape index (κ3) is 4.66. The summed E-state index contributed by atoms with van der Waals surface area (Å²) < 4.78 is 10.6. The van der Waals surface area contributed by atoms with Gasteiger partial charge in [0.2, 0.25) is 5.91 Å². The highest BCUT2D eigenvalue weighted by Gasteiger charge is 2.31. The normalized spacial score (nSPS) is 20.1. The molecule has 2 fully saturated rings. The van der Waals surface area contributed by atoms with Crippen molar-refractivity contribution >= 4 is 11.9 Å². The first-order valence-electron chi connectivity index (χ1n) is 9.20. The van der Waals surface area contributed by atoms with Crippen molar-refractivity contribution < 1.29 is 19.1 Å². The van der Waals surface area contributed by atoms with Crippen LogP contribution in [0.4, 0.5) is 4.79 Å². The molecule has 1 aromatic rings. The molecule has 0 aliphatic carbocycles. The van der Waals surface area contributed by atoms with E-state index in [9.17, 15) is 9.59 Å². The van der Waals surface area contributed by atoms with Gasteiger partial charge in [-0.15, -0.1) is 0 Å². The average molecular weight is 361 g/mol. The van der Waals surface area contributed by atoms with Gasteiger partial charge in [0, 0.05) is 32.6 Å². The Labute approximate surface area is 154 Å². The highest BCUT2D eigenvalue weighted by molar-refractivity contribution is 5.79. The summed E-state index contributed by atoms with van der Waals surface area (Å²) in [5, 5.41) is 2.94. The van der Waals surface area contributed by atoms with Gasteiger partial charge in [-0.25, -0.2) is 4.79 Å². The molecule has 0 unspecified atom stereocenters. The molecule has 2 heterocycles. The number of carbonyl (C=O) groups excluding carboxylic acids is 2. The van der Waals surface area contributed by atoms with E-state index in [4.69, 9.17) is 9.47 Å². The van der Waals surface area contributed by atoms with E-state index in [-0.39, 0.29) is 18.0 Å². The maximum atomic E-state index is 12.6. The molecule has 7 heteroatoms. The third-order valence-corrected chi connectivity index (χ3v) is 4.96. The first kappa shape index (κ1) is 18.5. The molecular weight excluding hydrogens is 334 g/mol. The minimum Gasteiger partial charge on any atom is -0.497 e. The van der Waals surface area contributed by atoms with Gasteiger partial charge in [0.05, 0.1) is 26.4 Å². The Morgan fingerprint density at radius 1 is 1.19 bits per heavy atom.